The molecular formula is C10H16N4O3. The number of nitrogens with zero attached hydrogens (tertiary/aromatic N) is 3. The summed E-state index contributed by atoms with van der Waals surface area (Å²) in [5.74, 6) is 0.546. The zero-order valence-electron chi connectivity index (χ0n) is 9.88. The number of hydrogen-bond donors (Lipinski definition) is 2. The minimum atomic E-state index is -0.445. The van der Waals surface area contributed by atoms with Crippen LogP contribution in [0.3, 0.4) is 0 Å². The molecular weight excluding hydrogens is 224 g/mol. The molecule has 17 heavy (non-hydrogen) atoms. The Morgan fingerprint density at radius 3 is 2.65 bits per heavy atom. The van der Waals surface area contributed by atoms with Crippen LogP contribution in [0.15, 0.2) is 9.59 Å². The highest BCUT2D eigenvalue weighted by Gasteiger charge is 2.27. The van der Waals surface area contributed by atoms with Crippen molar-refractivity contribution >= 4 is 5.82 Å². The monoisotopic (exact) mass is 240 g/mol. The molecule has 0 atom stereocenters. The van der Waals surface area contributed by atoms with Gasteiger partial charge in [-0.25, -0.2) is 9.48 Å². The van der Waals surface area contributed by atoms with Crippen molar-refractivity contribution in [3.05, 3.63) is 20.8 Å². The summed E-state index contributed by atoms with van der Waals surface area (Å²) in [6, 6.07) is 0. The largest absolute Gasteiger partial charge is 0.393 e. The van der Waals surface area contributed by atoms with E-state index in [0.29, 0.717) is 12.5 Å². The van der Waals surface area contributed by atoms with Crippen molar-refractivity contribution in [1.82, 2.24) is 14.3 Å². The lowest BCUT2D eigenvalue weighted by atomic mass is 9.82. The summed E-state index contributed by atoms with van der Waals surface area (Å²) in [7, 11) is 2.92. The molecule has 1 aromatic rings. The Morgan fingerprint density at radius 2 is 2.06 bits per heavy atom. The third-order valence-electron chi connectivity index (χ3n) is 3.09. The van der Waals surface area contributed by atoms with Crippen molar-refractivity contribution in [2.24, 2.45) is 20.0 Å². The number of rotatable bonds is 3. The number of anilines is 1. The molecule has 0 aromatic carbocycles. The van der Waals surface area contributed by atoms with Crippen LogP contribution in [0.4, 0.5) is 5.82 Å². The van der Waals surface area contributed by atoms with Gasteiger partial charge in [-0.1, -0.05) is 0 Å². The Bertz CT molecular complexity index is 527. The smallest absolute Gasteiger partial charge is 0.346 e. The quantitative estimate of drug-likeness (QED) is 0.682. The second kappa shape index (κ2) is 4.33. The molecule has 0 amide bonds. The van der Waals surface area contributed by atoms with E-state index in [2.05, 4.69) is 10.4 Å². The maximum Gasteiger partial charge on any atom is 0.346 e. The lowest BCUT2D eigenvalue weighted by Crippen LogP contribution is -2.41. The topological polar surface area (TPSA) is 89.2 Å². The second-order valence-electron chi connectivity index (χ2n) is 4.49. The average Bonchev–Trinajstić information content (AvgIpc) is 2.26. The predicted octanol–water partition coefficient (Wildman–Crippen LogP) is -1.34. The highest BCUT2D eigenvalue weighted by atomic mass is 16.3. The van der Waals surface area contributed by atoms with Crippen LogP contribution in [-0.4, -0.2) is 32.1 Å². The standard InChI is InChI=1S/C10H16N4O3/c1-13-9(16)8(12-14(2)10(13)17)11-5-6-3-7(15)4-6/h6-7,15H,3-5H2,1-2H3,(H,11,12). The van der Waals surface area contributed by atoms with E-state index in [1.165, 1.54) is 14.1 Å². The third kappa shape index (κ3) is 2.23. The molecule has 0 saturated heterocycles. The molecule has 2 N–H and O–H groups in total. The van der Waals surface area contributed by atoms with Crippen LogP contribution < -0.4 is 16.6 Å². The number of aliphatic hydroxyl groups is 1. The van der Waals surface area contributed by atoms with E-state index < -0.39 is 11.2 Å². The molecule has 94 valence electrons. The molecule has 0 aliphatic heterocycles. The molecule has 7 nitrogen and oxygen atoms in total. The van der Waals surface area contributed by atoms with E-state index in [4.69, 9.17) is 5.11 Å². The minimum Gasteiger partial charge on any atom is -0.393 e. The van der Waals surface area contributed by atoms with Gasteiger partial charge >= 0.3 is 5.69 Å². The first-order valence-corrected chi connectivity index (χ1v) is 5.55. The molecule has 1 aliphatic carbocycles. The van der Waals surface area contributed by atoms with E-state index in [9.17, 15) is 9.59 Å². The molecule has 7 heteroatoms. The van der Waals surface area contributed by atoms with Gasteiger partial charge in [0.2, 0.25) is 5.82 Å². The molecule has 0 spiro atoms. The van der Waals surface area contributed by atoms with E-state index in [0.717, 1.165) is 22.1 Å². The van der Waals surface area contributed by atoms with Gasteiger partial charge in [-0.05, 0) is 18.8 Å². The Balaban J connectivity index is 2.11. The van der Waals surface area contributed by atoms with Crippen molar-refractivity contribution in [2.45, 2.75) is 18.9 Å². The molecule has 2 rings (SSSR count). The number of nitrogens with one attached hydrogen (secondary N) is 1. The Labute approximate surface area is 97.7 Å². The highest BCUT2D eigenvalue weighted by Crippen LogP contribution is 2.26. The molecule has 1 aliphatic rings. The van der Waals surface area contributed by atoms with E-state index in [-0.39, 0.29) is 11.9 Å². The molecule has 1 heterocycles. The lowest BCUT2D eigenvalue weighted by Gasteiger charge is -2.31. The third-order valence-corrected chi connectivity index (χ3v) is 3.09. The van der Waals surface area contributed by atoms with E-state index in [1.54, 1.807) is 0 Å². The summed E-state index contributed by atoms with van der Waals surface area (Å²) >= 11 is 0. The molecule has 0 radical (unpaired) electrons. The van der Waals surface area contributed by atoms with Crippen LogP contribution in [-0.2, 0) is 14.1 Å². The van der Waals surface area contributed by atoms with Gasteiger partial charge in [-0.15, -0.1) is 5.10 Å². The highest BCUT2D eigenvalue weighted by molar-refractivity contribution is 5.29. The summed E-state index contributed by atoms with van der Waals surface area (Å²) < 4.78 is 2.14. The molecule has 1 fully saturated rings. The van der Waals surface area contributed by atoms with Gasteiger partial charge in [0.25, 0.3) is 5.56 Å². The SMILES string of the molecule is Cn1nc(NCC2CC(O)C2)c(=O)n(C)c1=O. The fraction of sp³-hybridized carbons (Fsp3) is 0.700. The van der Waals surface area contributed by atoms with Gasteiger partial charge in [0.15, 0.2) is 0 Å². The average molecular weight is 240 g/mol. The van der Waals surface area contributed by atoms with Crippen LogP contribution in [0.25, 0.3) is 0 Å². The van der Waals surface area contributed by atoms with Crippen molar-refractivity contribution in [2.75, 3.05) is 11.9 Å². The van der Waals surface area contributed by atoms with Gasteiger partial charge in [0.1, 0.15) is 0 Å². The van der Waals surface area contributed by atoms with Crippen molar-refractivity contribution < 1.29 is 5.11 Å². The summed E-state index contributed by atoms with van der Waals surface area (Å²) in [5, 5.41) is 15.9. The first-order chi connectivity index (χ1) is 7.99. The minimum absolute atomic E-state index is 0.177. The molecule has 1 aromatic heterocycles. The Morgan fingerprint density at radius 1 is 1.41 bits per heavy atom. The summed E-state index contributed by atoms with van der Waals surface area (Å²) in [5.41, 5.74) is -0.868. The zero-order chi connectivity index (χ0) is 12.6. The van der Waals surface area contributed by atoms with Crippen LogP contribution in [0.1, 0.15) is 12.8 Å². The molecule has 0 unspecified atom stereocenters. The van der Waals surface area contributed by atoms with Gasteiger partial charge < -0.3 is 10.4 Å². The lowest BCUT2D eigenvalue weighted by molar-refractivity contribution is 0.0486. The normalized spacial score (nSPS) is 23.2. The van der Waals surface area contributed by atoms with Crippen LogP contribution in [0.2, 0.25) is 0 Å². The Kier molecular flexibility index (Phi) is 3.01. The first kappa shape index (κ1) is 11.8. The van der Waals surface area contributed by atoms with Crippen molar-refractivity contribution in [3.63, 3.8) is 0 Å². The maximum absolute atomic E-state index is 11.7. The van der Waals surface area contributed by atoms with Crippen LogP contribution >= 0.6 is 0 Å². The summed E-state index contributed by atoms with van der Waals surface area (Å²) in [6.45, 7) is 0.595. The van der Waals surface area contributed by atoms with E-state index in [1.807, 2.05) is 0 Å². The van der Waals surface area contributed by atoms with Gasteiger partial charge in [-0.2, -0.15) is 0 Å². The van der Waals surface area contributed by atoms with E-state index >= 15 is 0 Å². The van der Waals surface area contributed by atoms with Crippen molar-refractivity contribution in [3.8, 4) is 0 Å². The Hall–Kier alpha value is -1.63. The van der Waals surface area contributed by atoms with Gasteiger partial charge in [0, 0.05) is 20.6 Å². The van der Waals surface area contributed by atoms with Crippen LogP contribution in [0.5, 0.6) is 0 Å². The predicted molar refractivity (Wildman–Crippen MR) is 61.9 cm³/mol. The van der Waals surface area contributed by atoms with Crippen LogP contribution in [0, 0.1) is 5.92 Å². The number of aliphatic hydroxyl groups excluding tert-OH is 1. The molecule has 0 bridgehead atoms. The number of hydrogen-bond acceptors (Lipinski definition) is 5. The van der Waals surface area contributed by atoms with Gasteiger partial charge in [-0.3, -0.25) is 9.36 Å². The summed E-state index contributed by atoms with van der Waals surface area (Å²) in [4.78, 5) is 23.1. The number of aryl methyl sites for hydroxylation is 1. The van der Waals surface area contributed by atoms with Crippen molar-refractivity contribution in [1.29, 1.82) is 0 Å². The second-order valence-corrected chi connectivity index (χ2v) is 4.49. The van der Waals surface area contributed by atoms with Gasteiger partial charge in [0.05, 0.1) is 6.10 Å². The first-order valence-electron chi connectivity index (χ1n) is 5.55. The summed E-state index contributed by atoms with van der Waals surface area (Å²) in [6.07, 6.45) is 1.29. The molecule has 1 saturated carbocycles. The fourth-order valence-corrected chi connectivity index (χ4v) is 1.92. The fourth-order valence-electron chi connectivity index (χ4n) is 1.92. The zero-order valence-corrected chi connectivity index (χ0v) is 9.88. The maximum atomic E-state index is 11.7. The number of aromatic nitrogens is 3.